The van der Waals surface area contributed by atoms with Crippen LogP contribution in [0, 0.1) is 0 Å². The van der Waals surface area contributed by atoms with Crippen molar-refractivity contribution in [3.05, 3.63) is 58.6 Å². The topological polar surface area (TPSA) is 174 Å². The molecule has 0 bridgehead atoms. The van der Waals surface area contributed by atoms with E-state index < -0.39 is 23.4 Å². The lowest BCUT2D eigenvalue weighted by Crippen LogP contribution is -2.36. The van der Waals surface area contributed by atoms with E-state index in [9.17, 15) is 14.4 Å². The van der Waals surface area contributed by atoms with Crippen molar-refractivity contribution < 1.29 is 9.59 Å². The predicted octanol–water partition coefficient (Wildman–Crippen LogP) is 0.474. The minimum atomic E-state index is -0.946. The zero-order valence-corrected chi connectivity index (χ0v) is 15.5. The molecule has 0 saturated heterocycles. The van der Waals surface area contributed by atoms with Gasteiger partial charge in [0.15, 0.2) is 5.82 Å². The fourth-order valence-electron chi connectivity index (χ4n) is 2.68. The molecule has 0 saturated carbocycles. The van der Waals surface area contributed by atoms with Gasteiger partial charge in [0.25, 0.3) is 11.5 Å². The number of carbonyl (C=O) groups excluding carboxylic acids is 2. The van der Waals surface area contributed by atoms with E-state index in [1.54, 1.807) is 48.3 Å². The molecule has 0 unspecified atom stereocenters. The van der Waals surface area contributed by atoms with Crippen molar-refractivity contribution in [2.24, 2.45) is 11.5 Å². The first-order chi connectivity index (χ1) is 13.9. The van der Waals surface area contributed by atoms with Gasteiger partial charge in [-0.15, -0.1) is 0 Å². The average molecular weight is 396 g/mol. The van der Waals surface area contributed by atoms with E-state index in [0.717, 1.165) is 5.69 Å². The number of aromatic nitrogens is 4. The molecule has 0 aliphatic heterocycles. The Bertz CT molecular complexity index is 1090. The smallest absolute Gasteiger partial charge is 0.267 e. The Hall–Kier alpha value is -4.15. The number of carbonyl (C=O) groups is 2. The largest absolute Gasteiger partial charge is 0.368 e. The minimum absolute atomic E-state index is 0.0172. The third-order valence-electron chi connectivity index (χ3n) is 4.11. The molecule has 150 valence electrons. The van der Waals surface area contributed by atoms with Gasteiger partial charge in [0.05, 0.1) is 5.69 Å². The Morgan fingerprint density at radius 2 is 2.07 bits per heavy atom. The molecule has 11 heteroatoms. The zero-order chi connectivity index (χ0) is 21.0. The van der Waals surface area contributed by atoms with Crippen LogP contribution >= 0.6 is 0 Å². The van der Waals surface area contributed by atoms with Crippen LogP contribution in [-0.4, -0.2) is 37.6 Å². The number of nitrogens with two attached hydrogens (primary N) is 2. The summed E-state index contributed by atoms with van der Waals surface area (Å²) in [6.45, 7) is 1.75. The number of hydrogen-bond acceptors (Lipinski definition) is 7. The normalized spacial score (nSPS) is 11.6. The Morgan fingerprint density at radius 3 is 2.69 bits per heavy atom. The van der Waals surface area contributed by atoms with Gasteiger partial charge >= 0.3 is 0 Å². The van der Waals surface area contributed by atoms with E-state index in [-0.39, 0.29) is 17.3 Å². The number of primary amides is 2. The van der Waals surface area contributed by atoms with Crippen LogP contribution in [0.25, 0.3) is 5.69 Å². The number of nitrogens with zero attached hydrogens (tertiary/aromatic N) is 3. The highest BCUT2D eigenvalue weighted by molar-refractivity contribution is 5.98. The highest BCUT2D eigenvalue weighted by Gasteiger charge is 2.20. The molecule has 0 aliphatic carbocycles. The van der Waals surface area contributed by atoms with E-state index in [0.29, 0.717) is 12.1 Å². The van der Waals surface area contributed by atoms with Crippen LogP contribution < -0.4 is 27.7 Å². The molecule has 1 atom stereocenters. The summed E-state index contributed by atoms with van der Waals surface area (Å²) in [4.78, 5) is 42.2. The number of amides is 2. The molecule has 3 rings (SSSR count). The third kappa shape index (κ3) is 4.40. The highest BCUT2D eigenvalue weighted by atomic mass is 16.2. The van der Waals surface area contributed by atoms with Crippen molar-refractivity contribution in [2.45, 2.75) is 19.4 Å². The summed E-state index contributed by atoms with van der Waals surface area (Å²) in [6.07, 6.45) is 3.80. The summed E-state index contributed by atoms with van der Waals surface area (Å²) in [5.41, 5.74) is 10.9. The fourth-order valence-corrected chi connectivity index (χ4v) is 2.68. The molecule has 0 spiro atoms. The maximum Gasteiger partial charge on any atom is 0.267 e. The quantitative estimate of drug-likeness (QED) is 0.368. The first-order valence-corrected chi connectivity index (χ1v) is 8.76. The molecular weight excluding hydrogens is 376 g/mol. The Morgan fingerprint density at radius 1 is 1.28 bits per heavy atom. The first kappa shape index (κ1) is 19.6. The molecule has 0 radical (unpaired) electrons. The van der Waals surface area contributed by atoms with Crippen LogP contribution in [0.2, 0.25) is 0 Å². The predicted molar refractivity (Wildman–Crippen MR) is 107 cm³/mol. The van der Waals surface area contributed by atoms with Gasteiger partial charge < -0.3 is 22.1 Å². The lowest BCUT2D eigenvalue weighted by atomic mass is 10.2. The summed E-state index contributed by atoms with van der Waals surface area (Å²) >= 11 is 0. The number of H-pyrrole nitrogens is 1. The van der Waals surface area contributed by atoms with Gasteiger partial charge in [-0.05, 0) is 30.7 Å². The van der Waals surface area contributed by atoms with E-state index in [4.69, 9.17) is 11.5 Å². The number of hydrogen-bond donors (Lipinski definition) is 5. The molecule has 0 fully saturated rings. The van der Waals surface area contributed by atoms with E-state index >= 15 is 0 Å². The third-order valence-corrected chi connectivity index (χ3v) is 4.11. The van der Waals surface area contributed by atoms with Crippen LogP contribution in [-0.2, 0) is 4.79 Å². The number of benzene rings is 1. The average Bonchev–Trinajstić information content (AvgIpc) is 3.20. The fraction of sp³-hybridized carbons (Fsp3) is 0.167. The molecule has 3 aromatic rings. The van der Waals surface area contributed by atoms with Crippen molar-refractivity contribution >= 4 is 29.3 Å². The van der Waals surface area contributed by atoms with Crippen LogP contribution in [0.1, 0.15) is 23.7 Å². The number of anilines is 3. The van der Waals surface area contributed by atoms with Crippen LogP contribution in [0.5, 0.6) is 0 Å². The highest BCUT2D eigenvalue weighted by Crippen LogP contribution is 2.20. The Balaban J connectivity index is 1.99. The maximum absolute atomic E-state index is 12.4. The summed E-state index contributed by atoms with van der Waals surface area (Å²) in [5.74, 6) is -1.62. The minimum Gasteiger partial charge on any atom is -0.368 e. The summed E-state index contributed by atoms with van der Waals surface area (Å²) < 4.78 is 1.65. The van der Waals surface area contributed by atoms with Crippen molar-refractivity contribution in [3.63, 3.8) is 0 Å². The molecule has 2 aromatic heterocycles. The number of nitrogens with one attached hydrogen (secondary N) is 3. The van der Waals surface area contributed by atoms with Crippen molar-refractivity contribution in [2.75, 3.05) is 10.6 Å². The first-order valence-electron chi connectivity index (χ1n) is 8.76. The van der Waals surface area contributed by atoms with Gasteiger partial charge in [0, 0.05) is 18.1 Å². The lowest BCUT2D eigenvalue weighted by Gasteiger charge is -2.16. The van der Waals surface area contributed by atoms with Gasteiger partial charge in [0.2, 0.25) is 11.9 Å². The van der Waals surface area contributed by atoms with E-state index in [1.807, 2.05) is 6.07 Å². The van der Waals surface area contributed by atoms with Gasteiger partial charge in [-0.2, -0.15) is 10.1 Å². The lowest BCUT2D eigenvalue weighted by molar-refractivity contribution is -0.118. The molecule has 1 aromatic carbocycles. The molecule has 0 aliphatic rings. The molecular formula is C18H20N8O3. The van der Waals surface area contributed by atoms with Gasteiger partial charge in [-0.25, -0.2) is 4.68 Å². The van der Waals surface area contributed by atoms with Gasteiger partial charge in [-0.1, -0.05) is 13.0 Å². The van der Waals surface area contributed by atoms with Gasteiger partial charge in [-0.3, -0.25) is 19.4 Å². The number of rotatable bonds is 8. The molecule has 29 heavy (non-hydrogen) atoms. The van der Waals surface area contributed by atoms with Crippen molar-refractivity contribution in [1.82, 2.24) is 19.7 Å². The van der Waals surface area contributed by atoms with E-state index in [2.05, 4.69) is 25.7 Å². The van der Waals surface area contributed by atoms with Crippen LogP contribution in [0.3, 0.4) is 0 Å². The summed E-state index contributed by atoms with van der Waals surface area (Å²) in [5, 5.41) is 9.83. The monoisotopic (exact) mass is 396 g/mol. The van der Waals surface area contributed by atoms with Crippen LogP contribution in [0.4, 0.5) is 17.5 Å². The van der Waals surface area contributed by atoms with Crippen molar-refractivity contribution in [1.29, 1.82) is 0 Å². The maximum atomic E-state index is 12.4. The zero-order valence-electron chi connectivity index (χ0n) is 15.5. The van der Waals surface area contributed by atoms with Crippen LogP contribution in [0.15, 0.2) is 47.5 Å². The summed E-state index contributed by atoms with van der Waals surface area (Å²) in [6, 6.07) is 8.14. The Labute approximate surface area is 165 Å². The second kappa shape index (κ2) is 8.25. The second-order valence-corrected chi connectivity index (χ2v) is 6.14. The molecule has 2 heterocycles. The molecule has 7 N–H and O–H groups in total. The standard InChI is InChI=1S/C18H20N8O3/c1-2-12(14(19)27)23-18-24-16(13(15(20)28)17(29)25-18)22-10-5-3-6-11(9-10)26-8-4-7-21-26/h3-9,12H,2H2,1H3,(H2,19,27)(H2,20,28)(H3,22,23,24,25,29)/t12-/m1/s1. The molecule has 2 amide bonds. The van der Waals surface area contributed by atoms with Gasteiger partial charge in [0.1, 0.15) is 11.6 Å². The van der Waals surface area contributed by atoms with Crippen molar-refractivity contribution in [3.8, 4) is 5.69 Å². The van der Waals surface area contributed by atoms with E-state index in [1.165, 1.54) is 0 Å². The summed E-state index contributed by atoms with van der Waals surface area (Å²) in [7, 11) is 0. The second-order valence-electron chi connectivity index (χ2n) is 6.14. The SMILES string of the molecule is CC[C@@H](Nc1nc(Nc2cccc(-n3cccn3)c2)c(C(N)=O)c(=O)[nH]1)C(N)=O. The molecule has 11 nitrogen and oxygen atoms in total. The Kier molecular flexibility index (Phi) is 5.58. The number of aromatic amines is 1.